The summed E-state index contributed by atoms with van der Waals surface area (Å²) in [6.07, 6.45) is 1.71. The maximum Gasteiger partial charge on any atom is 0.254 e. The Morgan fingerprint density at radius 1 is 1.15 bits per heavy atom. The first kappa shape index (κ1) is 22.5. The van der Waals surface area contributed by atoms with Gasteiger partial charge in [-0.3, -0.25) is 14.6 Å². The molecule has 1 unspecified atom stereocenters. The lowest BCUT2D eigenvalue weighted by Crippen LogP contribution is -2.31. The molecule has 1 aromatic heterocycles. The number of amides is 2. The minimum atomic E-state index is -0.313. The van der Waals surface area contributed by atoms with Gasteiger partial charge in [-0.25, -0.2) is 4.39 Å². The van der Waals surface area contributed by atoms with Gasteiger partial charge in [0.2, 0.25) is 0 Å². The van der Waals surface area contributed by atoms with Gasteiger partial charge < -0.3 is 15.0 Å². The SMILES string of the molecule is COc1cccc(C(=O)N2CCCC2c2ccc(C(=O)NCc3ccc(F)cc3)c(C)n2)c1. The van der Waals surface area contributed by atoms with Crippen LogP contribution in [0.3, 0.4) is 0 Å². The molecule has 2 aromatic carbocycles. The third kappa shape index (κ3) is 5.03. The summed E-state index contributed by atoms with van der Waals surface area (Å²) in [5.41, 5.74) is 3.24. The van der Waals surface area contributed by atoms with Crippen molar-refractivity contribution in [1.82, 2.24) is 15.2 Å². The normalized spacial score (nSPS) is 15.4. The van der Waals surface area contributed by atoms with E-state index in [9.17, 15) is 14.0 Å². The van der Waals surface area contributed by atoms with E-state index in [0.717, 1.165) is 24.1 Å². The average molecular weight is 448 g/mol. The molecule has 0 saturated carbocycles. The third-order valence-corrected chi connectivity index (χ3v) is 5.89. The van der Waals surface area contributed by atoms with Gasteiger partial charge in [0.15, 0.2) is 0 Å². The molecule has 1 saturated heterocycles. The highest BCUT2D eigenvalue weighted by Crippen LogP contribution is 2.33. The van der Waals surface area contributed by atoms with E-state index in [-0.39, 0.29) is 23.7 Å². The quantitative estimate of drug-likeness (QED) is 0.606. The second-order valence-corrected chi connectivity index (χ2v) is 8.07. The number of carbonyl (C=O) groups is 2. The summed E-state index contributed by atoms with van der Waals surface area (Å²) in [4.78, 5) is 32.3. The molecule has 1 atom stereocenters. The summed E-state index contributed by atoms with van der Waals surface area (Å²) in [5.74, 6) is 0.0247. The maximum atomic E-state index is 13.2. The zero-order valence-corrected chi connectivity index (χ0v) is 18.7. The zero-order valence-electron chi connectivity index (χ0n) is 18.7. The minimum absolute atomic E-state index is 0.0584. The number of nitrogens with zero attached hydrogens (tertiary/aromatic N) is 2. The van der Waals surface area contributed by atoms with Crippen molar-refractivity contribution in [3.05, 3.63) is 94.6 Å². The Hall–Kier alpha value is -3.74. The Morgan fingerprint density at radius 2 is 1.94 bits per heavy atom. The van der Waals surface area contributed by atoms with Crippen molar-refractivity contribution in [2.45, 2.75) is 32.4 Å². The lowest BCUT2D eigenvalue weighted by Gasteiger charge is -2.25. The van der Waals surface area contributed by atoms with E-state index in [0.29, 0.717) is 35.7 Å². The first-order chi connectivity index (χ1) is 16.0. The summed E-state index contributed by atoms with van der Waals surface area (Å²) in [7, 11) is 1.58. The topological polar surface area (TPSA) is 71.5 Å². The fraction of sp³-hybridized carbons (Fsp3) is 0.269. The van der Waals surface area contributed by atoms with Crippen LogP contribution in [0.2, 0.25) is 0 Å². The number of hydrogen-bond acceptors (Lipinski definition) is 4. The van der Waals surface area contributed by atoms with E-state index in [1.807, 2.05) is 17.0 Å². The Morgan fingerprint density at radius 3 is 2.67 bits per heavy atom. The van der Waals surface area contributed by atoms with Gasteiger partial charge in [0, 0.05) is 18.7 Å². The highest BCUT2D eigenvalue weighted by molar-refractivity contribution is 5.96. The number of carbonyl (C=O) groups excluding carboxylic acids is 2. The predicted octanol–water partition coefficient (Wildman–Crippen LogP) is 4.45. The molecule has 1 aliphatic rings. The van der Waals surface area contributed by atoms with E-state index >= 15 is 0 Å². The first-order valence-corrected chi connectivity index (χ1v) is 10.9. The standard InChI is InChI=1S/C26H26FN3O3/c1-17-22(25(31)28-16-18-8-10-20(27)11-9-18)12-13-23(29-17)24-7-4-14-30(24)26(32)19-5-3-6-21(15-19)33-2/h3,5-6,8-13,15,24H,4,7,14,16H2,1-2H3,(H,28,31). The number of pyridine rings is 1. The number of ether oxygens (including phenoxy) is 1. The van der Waals surface area contributed by atoms with Gasteiger partial charge in [0.25, 0.3) is 11.8 Å². The van der Waals surface area contributed by atoms with Crippen molar-refractivity contribution < 1.29 is 18.7 Å². The largest absolute Gasteiger partial charge is 0.497 e. The Labute approximate surface area is 192 Å². The lowest BCUT2D eigenvalue weighted by atomic mass is 10.1. The van der Waals surface area contributed by atoms with Gasteiger partial charge in [-0.15, -0.1) is 0 Å². The number of methoxy groups -OCH3 is 1. The monoisotopic (exact) mass is 447 g/mol. The van der Waals surface area contributed by atoms with Gasteiger partial charge in [0.1, 0.15) is 11.6 Å². The molecule has 1 aliphatic heterocycles. The summed E-state index contributed by atoms with van der Waals surface area (Å²) in [5, 5.41) is 2.85. The van der Waals surface area contributed by atoms with Crippen molar-refractivity contribution in [2.24, 2.45) is 0 Å². The Balaban J connectivity index is 1.47. The molecule has 0 radical (unpaired) electrons. The Bertz CT molecular complexity index is 1160. The molecule has 2 heterocycles. The number of benzene rings is 2. The van der Waals surface area contributed by atoms with E-state index in [4.69, 9.17) is 4.74 Å². The lowest BCUT2D eigenvalue weighted by molar-refractivity contribution is 0.0732. The molecule has 0 bridgehead atoms. The molecule has 0 aliphatic carbocycles. The van der Waals surface area contributed by atoms with Crippen molar-refractivity contribution in [3.8, 4) is 5.75 Å². The van der Waals surface area contributed by atoms with E-state index in [1.54, 1.807) is 50.4 Å². The average Bonchev–Trinajstić information content (AvgIpc) is 3.33. The number of likely N-dealkylation sites (tertiary alicyclic amines) is 1. The number of hydrogen-bond donors (Lipinski definition) is 1. The highest BCUT2D eigenvalue weighted by atomic mass is 19.1. The second kappa shape index (κ2) is 9.81. The van der Waals surface area contributed by atoms with Crippen LogP contribution in [0.25, 0.3) is 0 Å². The highest BCUT2D eigenvalue weighted by Gasteiger charge is 2.32. The third-order valence-electron chi connectivity index (χ3n) is 5.89. The van der Waals surface area contributed by atoms with Gasteiger partial charge in [0.05, 0.1) is 30.1 Å². The molecule has 3 aromatic rings. The van der Waals surface area contributed by atoms with Gasteiger partial charge in [-0.2, -0.15) is 0 Å². The number of aromatic nitrogens is 1. The Kier molecular flexibility index (Phi) is 6.68. The van der Waals surface area contributed by atoms with Crippen LogP contribution in [-0.2, 0) is 6.54 Å². The van der Waals surface area contributed by atoms with E-state index < -0.39 is 0 Å². The number of halogens is 1. The second-order valence-electron chi connectivity index (χ2n) is 8.07. The molecular weight excluding hydrogens is 421 g/mol. The molecule has 2 amide bonds. The fourth-order valence-electron chi connectivity index (χ4n) is 4.13. The van der Waals surface area contributed by atoms with Crippen LogP contribution >= 0.6 is 0 Å². The number of aryl methyl sites for hydroxylation is 1. The fourth-order valence-corrected chi connectivity index (χ4v) is 4.13. The van der Waals surface area contributed by atoms with Crippen molar-refractivity contribution in [3.63, 3.8) is 0 Å². The number of rotatable bonds is 6. The molecule has 170 valence electrons. The first-order valence-electron chi connectivity index (χ1n) is 10.9. The van der Waals surface area contributed by atoms with Crippen LogP contribution in [0.4, 0.5) is 4.39 Å². The summed E-state index contributed by atoms with van der Waals surface area (Å²) in [6, 6.07) is 16.6. The van der Waals surface area contributed by atoms with Gasteiger partial charge in [-0.05, 0) is 67.8 Å². The van der Waals surface area contributed by atoms with Crippen molar-refractivity contribution in [1.29, 1.82) is 0 Å². The van der Waals surface area contributed by atoms with Crippen LogP contribution < -0.4 is 10.1 Å². The molecule has 0 spiro atoms. The maximum absolute atomic E-state index is 13.2. The van der Waals surface area contributed by atoms with Gasteiger partial charge >= 0.3 is 0 Å². The molecule has 7 heteroatoms. The van der Waals surface area contributed by atoms with Crippen LogP contribution in [-0.4, -0.2) is 35.4 Å². The minimum Gasteiger partial charge on any atom is -0.497 e. The summed E-state index contributed by atoms with van der Waals surface area (Å²) >= 11 is 0. The smallest absolute Gasteiger partial charge is 0.254 e. The van der Waals surface area contributed by atoms with Crippen LogP contribution in [0, 0.1) is 12.7 Å². The summed E-state index contributed by atoms with van der Waals surface area (Å²) < 4.78 is 18.3. The molecule has 4 rings (SSSR count). The van der Waals surface area contributed by atoms with Crippen molar-refractivity contribution >= 4 is 11.8 Å². The van der Waals surface area contributed by atoms with E-state index in [1.165, 1.54) is 12.1 Å². The van der Waals surface area contributed by atoms with E-state index in [2.05, 4.69) is 10.3 Å². The predicted molar refractivity (Wildman–Crippen MR) is 123 cm³/mol. The molecular formula is C26H26FN3O3. The number of nitrogens with one attached hydrogen (secondary N) is 1. The molecule has 6 nitrogen and oxygen atoms in total. The summed E-state index contributed by atoms with van der Waals surface area (Å²) in [6.45, 7) is 2.74. The van der Waals surface area contributed by atoms with Crippen molar-refractivity contribution in [2.75, 3.05) is 13.7 Å². The molecule has 1 N–H and O–H groups in total. The zero-order chi connectivity index (χ0) is 23.4. The van der Waals surface area contributed by atoms with Crippen LogP contribution in [0.1, 0.15) is 56.6 Å². The van der Waals surface area contributed by atoms with Crippen LogP contribution in [0.5, 0.6) is 5.75 Å². The molecule has 33 heavy (non-hydrogen) atoms. The van der Waals surface area contributed by atoms with Gasteiger partial charge in [-0.1, -0.05) is 18.2 Å². The van der Waals surface area contributed by atoms with Crippen LogP contribution in [0.15, 0.2) is 60.7 Å². The molecule has 1 fully saturated rings.